The molecular weight excluding hydrogens is 325 g/mol. The molecule has 1 heterocycles. The molecule has 0 aromatic heterocycles. The molecule has 0 radical (unpaired) electrons. The van der Waals surface area contributed by atoms with Crippen molar-refractivity contribution in [3.8, 4) is 5.75 Å². The summed E-state index contributed by atoms with van der Waals surface area (Å²) < 4.78 is 23.4. The van der Waals surface area contributed by atoms with Gasteiger partial charge in [0.05, 0.1) is 26.2 Å². The number of halogens is 1. The first-order valence-corrected chi connectivity index (χ1v) is 7.87. The van der Waals surface area contributed by atoms with Crippen LogP contribution in [0.1, 0.15) is 21.5 Å². The van der Waals surface area contributed by atoms with E-state index in [0.29, 0.717) is 24.1 Å². The first-order chi connectivity index (χ1) is 12.0. The highest BCUT2D eigenvalue weighted by Crippen LogP contribution is 2.30. The second kappa shape index (κ2) is 6.93. The maximum atomic E-state index is 13.8. The molecule has 130 valence electrons. The summed E-state index contributed by atoms with van der Waals surface area (Å²) in [6, 6.07) is 9.65. The lowest BCUT2D eigenvalue weighted by Crippen LogP contribution is -2.30. The van der Waals surface area contributed by atoms with Crippen molar-refractivity contribution < 1.29 is 23.5 Å². The number of rotatable bonds is 4. The second-order valence-electron chi connectivity index (χ2n) is 5.78. The largest absolute Gasteiger partial charge is 0.494 e. The van der Waals surface area contributed by atoms with Gasteiger partial charge in [-0.05, 0) is 47.9 Å². The van der Waals surface area contributed by atoms with Gasteiger partial charge in [-0.1, -0.05) is 6.07 Å². The standard InChI is InChI=1S/C19H18FNO4/c1-24-17-6-3-12(9-15(17)20)10-18(22)21-8-7-13-11-14(19(23)25-2)4-5-16(13)21/h3-6,9,11H,7-8,10H2,1-2H3. The third-order valence-corrected chi connectivity index (χ3v) is 4.27. The number of nitrogens with zero attached hydrogens (tertiary/aromatic N) is 1. The number of methoxy groups -OCH3 is 2. The number of ether oxygens (including phenoxy) is 2. The molecule has 3 rings (SSSR count). The zero-order valence-corrected chi connectivity index (χ0v) is 14.0. The molecule has 0 bridgehead atoms. The molecule has 1 amide bonds. The Morgan fingerprint density at radius 1 is 1.16 bits per heavy atom. The number of amides is 1. The van der Waals surface area contributed by atoms with E-state index in [4.69, 9.17) is 9.47 Å². The van der Waals surface area contributed by atoms with E-state index in [1.165, 1.54) is 26.4 Å². The number of anilines is 1. The van der Waals surface area contributed by atoms with E-state index in [0.717, 1.165) is 11.3 Å². The molecule has 0 saturated heterocycles. The fourth-order valence-electron chi connectivity index (χ4n) is 3.00. The third kappa shape index (κ3) is 3.33. The van der Waals surface area contributed by atoms with Crippen molar-refractivity contribution in [2.75, 3.05) is 25.7 Å². The number of hydrogen-bond acceptors (Lipinski definition) is 4. The van der Waals surface area contributed by atoms with Crippen molar-refractivity contribution in [2.45, 2.75) is 12.8 Å². The van der Waals surface area contributed by atoms with Crippen molar-refractivity contribution in [3.05, 3.63) is 58.9 Å². The Balaban J connectivity index is 1.77. The van der Waals surface area contributed by atoms with Gasteiger partial charge in [0.1, 0.15) is 0 Å². The van der Waals surface area contributed by atoms with E-state index in [1.54, 1.807) is 29.2 Å². The van der Waals surface area contributed by atoms with Crippen molar-refractivity contribution >= 4 is 17.6 Å². The van der Waals surface area contributed by atoms with Gasteiger partial charge in [-0.3, -0.25) is 4.79 Å². The van der Waals surface area contributed by atoms with E-state index in [9.17, 15) is 14.0 Å². The molecule has 0 saturated carbocycles. The molecule has 6 heteroatoms. The van der Waals surface area contributed by atoms with Gasteiger partial charge in [0.2, 0.25) is 5.91 Å². The molecule has 0 atom stereocenters. The number of fused-ring (bicyclic) bond motifs is 1. The van der Waals surface area contributed by atoms with Gasteiger partial charge < -0.3 is 14.4 Å². The first kappa shape index (κ1) is 17.0. The SMILES string of the molecule is COC(=O)c1ccc2c(c1)CCN2C(=O)Cc1ccc(OC)c(F)c1. The summed E-state index contributed by atoms with van der Waals surface area (Å²) in [6.07, 6.45) is 0.766. The Labute approximate surface area is 145 Å². The normalized spacial score (nSPS) is 12.7. The van der Waals surface area contributed by atoms with Crippen LogP contribution < -0.4 is 9.64 Å². The first-order valence-electron chi connectivity index (χ1n) is 7.87. The maximum absolute atomic E-state index is 13.8. The fourth-order valence-corrected chi connectivity index (χ4v) is 3.00. The van der Waals surface area contributed by atoms with Crippen LogP contribution >= 0.6 is 0 Å². The summed E-state index contributed by atoms with van der Waals surface area (Å²) in [5.41, 5.74) is 2.76. The molecule has 25 heavy (non-hydrogen) atoms. The van der Waals surface area contributed by atoms with Crippen LogP contribution in [0.3, 0.4) is 0 Å². The smallest absolute Gasteiger partial charge is 0.337 e. The molecule has 1 aliphatic heterocycles. The number of hydrogen-bond donors (Lipinski definition) is 0. The minimum atomic E-state index is -0.489. The highest BCUT2D eigenvalue weighted by atomic mass is 19.1. The van der Waals surface area contributed by atoms with Crippen LogP contribution in [0.25, 0.3) is 0 Å². The molecule has 5 nitrogen and oxygen atoms in total. The van der Waals surface area contributed by atoms with Crippen molar-refractivity contribution in [3.63, 3.8) is 0 Å². The predicted octanol–water partition coefficient (Wildman–Crippen LogP) is 2.75. The Morgan fingerprint density at radius 3 is 2.64 bits per heavy atom. The number of esters is 1. The van der Waals surface area contributed by atoms with Gasteiger partial charge in [-0.25, -0.2) is 9.18 Å². The van der Waals surface area contributed by atoms with E-state index in [1.807, 2.05) is 0 Å². The molecule has 0 unspecified atom stereocenters. The zero-order valence-electron chi connectivity index (χ0n) is 14.0. The summed E-state index contributed by atoms with van der Waals surface area (Å²) in [6.45, 7) is 0.539. The van der Waals surface area contributed by atoms with E-state index in [2.05, 4.69) is 0 Å². The molecule has 2 aromatic carbocycles. The van der Waals surface area contributed by atoms with Gasteiger partial charge in [0.25, 0.3) is 0 Å². The van der Waals surface area contributed by atoms with Crippen LogP contribution in [0.4, 0.5) is 10.1 Å². The van der Waals surface area contributed by atoms with Crippen LogP contribution in [0.5, 0.6) is 5.75 Å². The van der Waals surface area contributed by atoms with Crippen molar-refractivity contribution in [1.29, 1.82) is 0 Å². The molecule has 0 spiro atoms. The second-order valence-corrected chi connectivity index (χ2v) is 5.78. The molecule has 0 aliphatic carbocycles. The number of carbonyl (C=O) groups is 2. The van der Waals surface area contributed by atoms with Gasteiger partial charge >= 0.3 is 5.97 Å². The summed E-state index contributed by atoms with van der Waals surface area (Å²) in [7, 11) is 2.73. The monoisotopic (exact) mass is 343 g/mol. The highest BCUT2D eigenvalue weighted by molar-refractivity contribution is 5.98. The average molecular weight is 343 g/mol. The Morgan fingerprint density at radius 2 is 1.96 bits per heavy atom. The van der Waals surface area contributed by atoms with E-state index >= 15 is 0 Å². The maximum Gasteiger partial charge on any atom is 0.337 e. The molecule has 2 aromatic rings. The van der Waals surface area contributed by atoms with Gasteiger partial charge in [-0.2, -0.15) is 0 Å². The van der Waals surface area contributed by atoms with Crippen molar-refractivity contribution in [2.24, 2.45) is 0 Å². The lowest BCUT2D eigenvalue weighted by Gasteiger charge is -2.18. The summed E-state index contributed by atoms with van der Waals surface area (Å²) in [5.74, 6) is -0.856. The van der Waals surface area contributed by atoms with E-state index < -0.39 is 11.8 Å². The molecular formula is C19H18FNO4. The zero-order chi connectivity index (χ0) is 18.0. The van der Waals surface area contributed by atoms with Crippen LogP contribution in [-0.4, -0.2) is 32.6 Å². The number of benzene rings is 2. The molecule has 1 aliphatic rings. The van der Waals surface area contributed by atoms with Crippen LogP contribution in [0.2, 0.25) is 0 Å². The molecule has 0 fully saturated rings. The van der Waals surface area contributed by atoms with Gasteiger partial charge in [0, 0.05) is 12.2 Å². The lowest BCUT2D eigenvalue weighted by molar-refractivity contribution is -0.117. The Kier molecular flexibility index (Phi) is 4.70. The van der Waals surface area contributed by atoms with Crippen LogP contribution in [-0.2, 0) is 22.4 Å². The van der Waals surface area contributed by atoms with Gasteiger partial charge in [0.15, 0.2) is 11.6 Å². The summed E-state index contributed by atoms with van der Waals surface area (Å²) >= 11 is 0. The van der Waals surface area contributed by atoms with Crippen LogP contribution in [0.15, 0.2) is 36.4 Å². The predicted molar refractivity (Wildman–Crippen MR) is 90.5 cm³/mol. The third-order valence-electron chi connectivity index (χ3n) is 4.27. The van der Waals surface area contributed by atoms with Crippen LogP contribution in [0, 0.1) is 5.82 Å². The van der Waals surface area contributed by atoms with E-state index in [-0.39, 0.29) is 18.1 Å². The topological polar surface area (TPSA) is 55.8 Å². The average Bonchev–Trinajstić information content (AvgIpc) is 3.04. The quantitative estimate of drug-likeness (QED) is 0.801. The highest BCUT2D eigenvalue weighted by Gasteiger charge is 2.25. The minimum absolute atomic E-state index is 0.0963. The summed E-state index contributed by atoms with van der Waals surface area (Å²) in [5, 5.41) is 0. The number of carbonyl (C=O) groups excluding carboxylic acids is 2. The molecule has 0 N–H and O–H groups in total. The minimum Gasteiger partial charge on any atom is -0.494 e. The Bertz CT molecular complexity index is 834. The summed E-state index contributed by atoms with van der Waals surface area (Å²) in [4.78, 5) is 25.9. The fraction of sp³-hybridized carbons (Fsp3) is 0.263. The Hall–Kier alpha value is -2.89. The lowest BCUT2D eigenvalue weighted by atomic mass is 10.1. The van der Waals surface area contributed by atoms with Crippen molar-refractivity contribution in [1.82, 2.24) is 0 Å². The van der Waals surface area contributed by atoms with Gasteiger partial charge in [-0.15, -0.1) is 0 Å².